The molecular formula is C17H15N3O6S. The van der Waals surface area contributed by atoms with Crippen LogP contribution in [0.5, 0.6) is 0 Å². The van der Waals surface area contributed by atoms with Crippen LogP contribution in [0.15, 0.2) is 48.5 Å². The van der Waals surface area contributed by atoms with E-state index in [4.69, 9.17) is 0 Å². The highest BCUT2D eigenvalue weighted by molar-refractivity contribution is 7.93. The second kappa shape index (κ2) is 6.80. The van der Waals surface area contributed by atoms with Crippen LogP contribution in [0.3, 0.4) is 0 Å². The molecule has 0 saturated carbocycles. The first kappa shape index (κ1) is 18.5. The fourth-order valence-electron chi connectivity index (χ4n) is 3.00. The number of nitro benzene ring substituents is 1. The molecule has 1 atom stereocenters. The summed E-state index contributed by atoms with van der Waals surface area (Å²) < 4.78 is 25.2. The molecule has 2 aromatic rings. The van der Waals surface area contributed by atoms with Gasteiger partial charge in [-0.1, -0.05) is 12.1 Å². The number of sulfone groups is 1. The Balaban J connectivity index is 2.10. The molecule has 1 heterocycles. The molecule has 140 valence electrons. The summed E-state index contributed by atoms with van der Waals surface area (Å²) in [5.74, 6) is -1.69. The van der Waals surface area contributed by atoms with E-state index in [1.54, 1.807) is 0 Å². The van der Waals surface area contributed by atoms with Crippen molar-refractivity contribution >= 4 is 38.7 Å². The number of carbonyl (C=O) groups excluding carboxylic acids is 2. The highest BCUT2D eigenvalue weighted by Gasteiger charge is 2.48. The van der Waals surface area contributed by atoms with Gasteiger partial charge in [-0.05, 0) is 30.3 Å². The van der Waals surface area contributed by atoms with Gasteiger partial charge in [0.05, 0.1) is 10.5 Å². The molecule has 0 bridgehead atoms. The number of nitrogens with zero attached hydrogens (tertiary/aromatic N) is 2. The van der Waals surface area contributed by atoms with Crippen LogP contribution in [0.1, 0.15) is 17.9 Å². The van der Waals surface area contributed by atoms with E-state index in [9.17, 15) is 28.1 Å². The van der Waals surface area contributed by atoms with Crippen molar-refractivity contribution in [1.82, 2.24) is 0 Å². The predicted molar refractivity (Wildman–Crippen MR) is 97.9 cm³/mol. The number of hydrogen-bond donors (Lipinski definition) is 1. The standard InChI is InChI=1S/C17H15N3O6S/c1-11(21)18-12-6-8-13(9-7-12)19-16(22)10-27(25,26)17(19)14-4-2-3-5-15(14)20(23)24/h2-9,17H,10H2,1H3,(H,18,21). The van der Waals surface area contributed by atoms with Crippen molar-refractivity contribution in [2.24, 2.45) is 0 Å². The van der Waals surface area contributed by atoms with Gasteiger partial charge in [-0.3, -0.25) is 24.6 Å². The largest absolute Gasteiger partial charge is 0.326 e. The molecule has 0 spiro atoms. The molecule has 3 rings (SSSR count). The van der Waals surface area contributed by atoms with Crippen LogP contribution in [-0.4, -0.2) is 30.9 Å². The third kappa shape index (κ3) is 3.51. The summed E-state index contributed by atoms with van der Waals surface area (Å²) in [4.78, 5) is 35.2. The van der Waals surface area contributed by atoms with Gasteiger partial charge in [-0.2, -0.15) is 0 Å². The lowest BCUT2D eigenvalue weighted by Gasteiger charge is -2.23. The molecule has 0 aromatic heterocycles. The number of nitro groups is 1. The molecule has 9 nitrogen and oxygen atoms in total. The van der Waals surface area contributed by atoms with E-state index >= 15 is 0 Å². The van der Waals surface area contributed by atoms with Gasteiger partial charge in [-0.15, -0.1) is 0 Å². The Bertz CT molecular complexity index is 1030. The van der Waals surface area contributed by atoms with Gasteiger partial charge in [0, 0.05) is 24.4 Å². The van der Waals surface area contributed by atoms with Crippen molar-refractivity contribution in [3.8, 4) is 0 Å². The van der Waals surface area contributed by atoms with Crippen LogP contribution in [0, 0.1) is 10.1 Å². The highest BCUT2D eigenvalue weighted by Crippen LogP contribution is 2.41. The monoisotopic (exact) mass is 389 g/mol. The van der Waals surface area contributed by atoms with Crippen LogP contribution in [-0.2, 0) is 19.4 Å². The Kier molecular flexibility index (Phi) is 4.66. The number of anilines is 2. The Morgan fingerprint density at radius 3 is 2.41 bits per heavy atom. The van der Waals surface area contributed by atoms with Crippen LogP contribution in [0.4, 0.5) is 17.1 Å². The predicted octanol–water partition coefficient (Wildman–Crippen LogP) is 2.01. The van der Waals surface area contributed by atoms with Crippen molar-refractivity contribution in [1.29, 1.82) is 0 Å². The minimum absolute atomic E-state index is 0.0701. The van der Waals surface area contributed by atoms with Crippen molar-refractivity contribution in [3.63, 3.8) is 0 Å². The maximum Gasteiger partial charge on any atom is 0.275 e. The first-order valence-corrected chi connectivity index (χ1v) is 9.57. The van der Waals surface area contributed by atoms with E-state index in [0.29, 0.717) is 5.69 Å². The Labute approximate surface area is 154 Å². The van der Waals surface area contributed by atoms with Crippen LogP contribution in [0.2, 0.25) is 0 Å². The van der Waals surface area contributed by atoms with Gasteiger partial charge in [0.25, 0.3) is 5.69 Å². The average Bonchev–Trinajstić information content (AvgIpc) is 2.83. The lowest BCUT2D eigenvalue weighted by molar-refractivity contribution is -0.385. The summed E-state index contributed by atoms with van der Waals surface area (Å²) in [7, 11) is -3.97. The molecule has 27 heavy (non-hydrogen) atoms. The maximum atomic E-state index is 12.6. The summed E-state index contributed by atoms with van der Waals surface area (Å²) in [6.45, 7) is 1.34. The minimum Gasteiger partial charge on any atom is -0.326 e. The molecule has 0 radical (unpaired) electrons. The highest BCUT2D eigenvalue weighted by atomic mass is 32.2. The Hall–Kier alpha value is -3.27. The number of carbonyl (C=O) groups is 2. The third-order valence-corrected chi connectivity index (χ3v) is 5.83. The SMILES string of the molecule is CC(=O)Nc1ccc(N2C(=O)CS(=O)(=O)C2c2ccccc2[N+](=O)[O-])cc1. The van der Waals surface area contributed by atoms with E-state index in [0.717, 1.165) is 4.90 Å². The van der Waals surface area contributed by atoms with E-state index in [1.807, 2.05) is 0 Å². The smallest absolute Gasteiger partial charge is 0.275 e. The van der Waals surface area contributed by atoms with Gasteiger partial charge in [0.15, 0.2) is 15.2 Å². The Morgan fingerprint density at radius 2 is 1.81 bits per heavy atom. The zero-order valence-electron chi connectivity index (χ0n) is 14.2. The molecule has 1 aliphatic heterocycles. The normalized spacial score (nSPS) is 18.3. The van der Waals surface area contributed by atoms with Gasteiger partial charge in [0.1, 0.15) is 5.75 Å². The second-order valence-corrected chi connectivity index (χ2v) is 8.03. The molecule has 0 aliphatic carbocycles. The minimum atomic E-state index is -3.97. The molecule has 1 saturated heterocycles. The molecule has 1 N–H and O–H groups in total. The molecule has 2 aromatic carbocycles. The number of benzene rings is 2. The number of amides is 2. The van der Waals surface area contributed by atoms with Crippen molar-refractivity contribution < 1.29 is 22.9 Å². The number of rotatable bonds is 4. The van der Waals surface area contributed by atoms with Crippen LogP contribution >= 0.6 is 0 Å². The van der Waals surface area contributed by atoms with E-state index in [2.05, 4.69) is 5.32 Å². The molecule has 2 amide bonds. The fourth-order valence-corrected chi connectivity index (χ4v) is 4.78. The summed E-state index contributed by atoms with van der Waals surface area (Å²) in [5.41, 5.74) is 0.293. The van der Waals surface area contributed by atoms with E-state index < -0.39 is 31.8 Å². The van der Waals surface area contributed by atoms with E-state index in [-0.39, 0.29) is 22.8 Å². The van der Waals surface area contributed by atoms with Gasteiger partial charge in [-0.25, -0.2) is 8.42 Å². The van der Waals surface area contributed by atoms with E-state index in [1.165, 1.54) is 55.5 Å². The second-order valence-electron chi connectivity index (χ2n) is 5.97. The Morgan fingerprint density at radius 1 is 1.19 bits per heavy atom. The molecule has 10 heteroatoms. The first-order chi connectivity index (χ1) is 12.7. The maximum absolute atomic E-state index is 12.6. The van der Waals surface area contributed by atoms with Crippen LogP contribution < -0.4 is 10.2 Å². The van der Waals surface area contributed by atoms with Gasteiger partial charge in [0.2, 0.25) is 11.8 Å². The zero-order valence-corrected chi connectivity index (χ0v) is 15.0. The summed E-state index contributed by atoms with van der Waals surface area (Å²) >= 11 is 0. The van der Waals surface area contributed by atoms with Crippen molar-refractivity contribution in [2.75, 3.05) is 16.0 Å². The fraction of sp³-hybridized carbons (Fsp3) is 0.176. The van der Waals surface area contributed by atoms with Crippen molar-refractivity contribution in [3.05, 3.63) is 64.2 Å². The topological polar surface area (TPSA) is 127 Å². The quantitative estimate of drug-likeness (QED) is 0.629. The lowest BCUT2D eigenvalue weighted by Crippen LogP contribution is -2.29. The third-order valence-electron chi connectivity index (χ3n) is 4.03. The van der Waals surface area contributed by atoms with Gasteiger partial charge >= 0.3 is 0 Å². The van der Waals surface area contributed by atoms with Crippen LogP contribution in [0.25, 0.3) is 0 Å². The number of nitrogens with one attached hydrogen (secondary N) is 1. The summed E-state index contributed by atoms with van der Waals surface area (Å²) in [5, 5.41) is 12.4. The lowest BCUT2D eigenvalue weighted by atomic mass is 10.1. The average molecular weight is 389 g/mol. The summed E-state index contributed by atoms with van der Waals surface area (Å²) in [6.07, 6.45) is 0. The molecule has 1 unspecified atom stereocenters. The van der Waals surface area contributed by atoms with Crippen molar-refractivity contribution in [2.45, 2.75) is 12.3 Å². The number of hydrogen-bond acceptors (Lipinski definition) is 6. The molecule has 1 aliphatic rings. The zero-order chi connectivity index (χ0) is 19.8. The molecule has 1 fully saturated rings. The number of para-hydroxylation sites is 1. The molecular weight excluding hydrogens is 374 g/mol. The van der Waals surface area contributed by atoms with Gasteiger partial charge < -0.3 is 5.32 Å². The first-order valence-electron chi connectivity index (χ1n) is 7.85. The summed E-state index contributed by atoms with van der Waals surface area (Å²) in [6, 6.07) is 11.4.